The van der Waals surface area contributed by atoms with Gasteiger partial charge in [0.2, 0.25) is 0 Å². The van der Waals surface area contributed by atoms with Crippen molar-refractivity contribution in [2.75, 3.05) is 0 Å². The van der Waals surface area contributed by atoms with Crippen LogP contribution >= 0.6 is 23.2 Å². The Hall–Kier alpha value is -0.990. The number of rotatable bonds is 0. The van der Waals surface area contributed by atoms with Crippen molar-refractivity contribution in [2.24, 2.45) is 0 Å². The Morgan fingerprint density at radius 2 is 1.78 bits per heavy atom. The molecule has 0 saturated heterocycles. The molecule has 1 aromatic carbocycles. The van der Waals surface area contributed by atoms with Gasteiger partial charge < -0.3 is 4.98 Å². The summed E-state index contributed by atoms with van der Waals surface area (Å²) in [7, 11) is 0. The van der Waals surface area contributed by atoms with Crippen LogP contribution in [0.15, 0.2) is 16.9 Å². The summed E-state index contributed by atoms with van der Waals surface area (Å²) in [6, 6.07) is 3.37. The van der Waals surface area contributed by atoms with E-state index >= 15 is 0 Å². The largest absolute Gasteiger partial charge is 0.356 e. The van der Waals surface area contributed by atoms with Crippen LogP contribution in [0.1, 0.15) is 32.0 Å². The summed E-state index contributed by atoms with van der Waals surface area (Å²) >= 11 is 12.4. The van der Waals surface area contributed by atoms with E-state index in [2.05, 4.69) is 4.98 Å². The van der Waals surface area contributed by atoms with Gasteiger partial charge in [0.15, 0.2) is 5.43 Å². The molecule has 2 nitrogen and oxygen atoms in total. The number of benzene rings is 1. The van der Waals surface area contributed by atoms with E-state index in [-0.39, 0.29) is 10.8 Å². The molecule has 1 aromatic heterocycles. The fourth-order valence-electron chi connectivity index (χ4n) is 1.88. The number of H-pyrrole nitrogens is 1. The minimum absolute atomic E-state index is 0.0933. The first kappa shape index (κ1) is 13.4. The van der Waals surface area contributed by atoms with E-state index in [1.54, 1.807) is 12.1 Å². The van der Waals surface area contributed by atoms with Crippen LogP contribution in [0.3, 0.4) is 0 Å². The number of nitrogens with one attached hydrogen (secondary N) is 1. The molecule has 0 aliphatic carbocycles. The van der Waals surface area contributed by atoms with Gasteiger partial charge in [0.1, 0.15) is 0 Å². The summed E-state index contributed by atoms with van der Waals surface area (Å²) in [5.74, 6) is 0. The maximum Gasteiger partial charge on any atom is 0.191 e. The normalized spacial score (nSPS) is 12.1. The highest BCUT2D eigenvalue weighted by molar-refractivity contribution is 6.40. The number of aromatic amines is 1. The molecule has 18 heavy (non-hydrogen) atoms. The van der Waals surface area contributed by atoms with Gasteiger partial charge in [-0.2, -0.15) is 0 Å². The standard InChI is InChI=1S/C14H15Cl2NO/c1-7-5-8(15)13-11(12(7)16)9(18)6-10(17-13)14(2,3)4/h5-6H,1-4H3,(H,17,18). The van der Waals surface area contributed by atoms with Gasteiger partial charge in [-0.25, -0.2) is 0 Å². The molecule has 0 saturated carbocycles. The van der Waals surface area contributed by atoms with Crippen LogP contribution in [0.4, 0.5) is 0 Å². The van der Waals surface area contributed by atoms with E-state index in [9.17, 15) is 4.79 Å². The minimum Gasteiger partial charge on any atom is -0.356 e. The maximum atomic E-state index is 12.2. The third kappa shape index (κ3) is 2.15. The molecule has 0 aliphatic heterocycles. The topological polar surface area (TPSA) is 32.9 Å². The van der Waals surface area contributed by atoms with E-state index < -0.39 is 0 Å². The fourth-order valence-corrected chi connectivity index (χ4v) is 2.43. The molecule has 96 valence electrons. The summed E-state index contributed by atoms with van der Waals surface area (Å²) in [5.41, 5.74) is 2.03. The molecule has 0 spiro atoms. The maximum absolute atomic E-state index is 12.2. The lowest BCUT2D eigenvalue weighted by atomic mass is 9.91. The zero-order valence-corrected chi connectivity index (χ0v) is 12.3. The monoisotopic (exact) mass is 283 g/mol. The Kier molecular flexibility index (Phi) is 3.20. The van der Waals surface area contributed by atoms with Gasteiger partial charge in [-0.05, 0) is 18.6 Å². The van der Waals surface area contributed by atoms with Crippen molar-refractivity contribution >= 4 is 34.1 Å². The van der Waals surface area contributed by atoms with E-state index in [0.29, 0.717) is 20.9 Å². The highest BCUT2D eigenvalue weighted by atomic mass is 35.5. The van der Waals surface area contributed by atoms with E-state index in [1.165, 1.54) is 0 Å². The van der Waals surface area contributed by atoms with Crippen molar-refractivity contribution in [3.63, 3.8) is 0 Å². The van der Waals surface area contributed by atoms with Gasteiger partial charge in [0.05, 0.1) is 20.9 Å². The second-order valence-corrected chi connectivity index (χ2v) is 6.32. The molecule has 0 bridgehead atoms. The lowest BCUT2D eigenvalue weighted by molar-refractivity contribution is 0.571. The average molecular weight is 284 g/mol. The second kappa shape index (κ2) is 4.29. The number of pyridine rings is 1. The average Bonchev–Trinajstić information content (AvgIpc) is 2.24. The Balaban J connectivity index is 2.96. The molecular weight excluding hydrogens is 269 g/mol. The van der Waals surface area contributed by atoms with Gasteiger partial charge >= 0.3 is 0 Å². The molecular formula is C14H15Cl2NO. The van der Waals surface area contributed by atoms with Gasteiger partial charge in [0, 0.05) is 17.2 Å². The van der Waals surface area contributed by atoms with Gasteiger partial charge in [-0.3, -0.25) is 4.79 Å². The molecule has 0 atom stereocenters. The number of fused-ring (bicyclic) bond motifs is 1. The van der Waals surface area contributed by atoms with Crippen LogP contribution < -0.4 is 5.43 Å². The van der Waals surface area contributed by atoms with E-state index in [4.69, 9.17) is 23.2 Å². The highest BCUT2D eigenvalue weighted by Gasteiger charge is 2.18. The van der Waals surface area contributed by atoms with Gasteiger partial charge in [-0.15, -0.1) is 0 Å². The van der Waals surface area contributed by atoms with Crippen LogP contribution in [0.2, 0.25) is 10.0 Å². The summed E-state index contributed by atoms with van der Waals surface area (Å²) in [6.45, 7) is 7.94. The quantitative estimate of drug-likeness (QED) is 0.762. The molecule has 1 heterocycles. The first-order chi connectivity index (χ1) is 8.21. The first-order valence-corrected chi connectivity index (χ1v) is 6.49. The van der Waals surface area contributed by atoms with E-state index in [0.717, 1.165) is 11.3 Å². The molecule has 2 aromatic rings. The number of hydrogen-bond donors (Lipinski definition) is 1. The molecule has 4 heteroatoms. The third-order valence-corrected chi connectivity index (χ3v) is 3.77. The Morgan fingerprint density at radius 3 is 2.33 bits per heavy atom. The summed E-state index contributed by atoms with van der Waals surface area (Å²) in [4.78, 5) is 15.4. The zero-order valence-electron chi connectivity index (χ0n) is 10.8. The smallest absolute Gasteiger partial charge is 0.191 e. The molecule has 0 fully saturated rings. The number of hydrogen-bond acceptors (Lipinski definition) is 1. The van der Waals surface area contributed by atoms with Crippen LogP contribution in [0, 0.1) is 6.92 Å². The van der Waals surface area contributed by atoms with Crippen LogP contribution in [0.25, 0.3) is 10.9 Å². The molecule has 0 radical (unpaired) electrons. The van der Waals surface area contributed by atoms with Crippen molar-refractivity contribution in [2.45, 2.75) is 33.1 Å². The number of aryl methyl sites for hydroxylation is 1. The Morgan fingerprint density at radius 1 is 1.17 bits per heavy atom. The summed E-state index contributed by atoms with van der Waals surface area (Å²) < 4.78 is 0. The molecule has 2 rings (SSSR count). The highest BCUT2D eigenvalue weighted by Crippen LogP contribution is 2.31. The predicted octanol–water partition coefficient (Wildman–Crippen LogP) is 4.44. The number of halogens is 2. The van der Waals surface area contributed by atoms with Crippen LogP contribution in [-0.2, 0) is 5.41 Å². The first-order valence-electron chi connectivity index (χ1n) is 5.74. The van der Waals surface area contributed by atoms with E-state index in [1.807, 2.05) is 27.7 Å². The van der Waals surface area contributed by atoms with Crippen molar-refractivity contribution in [1.82, 2.24) is 4.98 Å². The predicted molar refractivity (Wildman–Crippen MR) is 78.0 cm³/mol. The molecule has 0 aliphatic rings. The van der Waals surface area contributed by atoms with Crippen molar-refractivity contribution in [3.8, 4) is 0 Å². The summed E-state index contributed by atoms with van der Waals surface area (Å²) in [5, 5.41) is 1.46. The van der Waals surface area contributed by atoms with Crippen molar-refractivity contribution in [1.29, 1.82) is 0 Å². The van der Waals surface area contributed by atoms with Gasteiger partial charge in [0.25, 0.3) is 0 Å². The van der Waals surface area contributed by atoms with Crippen LogP contribution in [0.5, 0.6) is 0 Å². The summed E-state index contributed by atoms with van der Waals surface area (Å²) in [6.07, 6.45) is 0. The second-order valence-electron chi connectivity index (χ2n) is 5.54. The minimum atomic E-state index is -0.145. The lowest BCUT2D eigenvalue weighted by Crippen LogP contribution is -2.18. The van der Waals surface area contributed by atoms with Crippen molar-refractivity contribution < 1.29 is 0 Å². The zero-order chi connectivity index (χ0) is 13.7. The molecule has 1 N–H and O–H groups in total. The molecule has 0 unspecified atom stereocenters. The van der Waals surface area contributed by atoms with Gasteiger partial charge in [-0.1, -0.05) is 44.0 Å². The lowest BCUT2D eigenvalue weighted by Gasteiger charge is -2.19. The van der Waals surface area contributed by atoms with Crippen molar-refractivity contribution in [3.05, 3.63) is 43.7 Å². The SMILES string of the molecule is Cc1cc(Cl)c2[nH]c(C(C)(C)C)cc(=O)c2c1Cl. The van der Waals surface area contributed by atoms with Crippen LogP contribution in [-0.4, -0.2) is 4.98 Å². The molecule has 0 amide bonds. The Bertz CT molecular complexity index is 681. The fraction of sp³-hybridized carbons (Fsp3) is 0.357. The number of aromatic nitrogens is 1. The Labute approximate surface area is 116 Å². The third-order valence-electron chi connectivity index (χ3n) is 2.99.